The molecule has 0 unspecified atom stereocenters. The van der Waals surface area contributed by atoms with Crippen LogP contribution in [0.1, 0.15) is 27.8 Å². The van der Waals surface area contributed by atoms with E-state index in [9.17, 15) is 23.4 Å². The zero-order valence-corrected chi connectivity index (χ0v) is 28.1. The number of H-pyrrole nitrogens is 1. The molecule has 5 aromatic carbocycles. The van der Waals surface area contributed by atoms with Gasteiger partial charge in [0.2, 0.25) is 0 Å². The van der Waals surface area contributed by atoms with E-state index >= 15 is 4.79 Å². The van der Waals surface area contributed by atoms with Gasteiger partial charge in [0.1, 0.15) is 12.2 Å². The average molecular weight is 706 g/mol. The van der Waals surface area contributed by atoms with E-state index in [0.29, 0.717) is 39.8 Å². The van der Waals surface area contributed by atoms with Crippen molar-refractivity contribution in [2.24, 2.45) is 0 Å². The molecular weight excluding hydrogens is 667 g/mol. The van der Waals surface area contributed by atoms with E-state index in [4.69, 9.17) is 5.73 Å². The van der Waals surface area contributed by atoms with Gasteiger partial charge in [-0.05, 0) is 71.5 Å². The summed E-state index contributed by atoms with van der Waals surface area (Å²) in [5.74, 6) is 0. The molecule has 8 nitrogen and oxygen atoms in total. The highest BCUT2D eigenvalue weighted by atomic mass is 19.4. The molecule has 266 valence electrons. The van der Waals surface area contributed by atoms with E-state index in [1.807, 2.05) is 91.0 Å². The van der Waals surface area contributed by atoms with E-state index < -0.39 is 36.0 Å². The first-order valence-corrected chi connectivity index (χ1v) is 17.1. The van der Waals surface area contributed by atoms with Crippen molar-refractivity contribution in [1.82, 2.24) is 20.0 Å². The average Bonchev–Trinajstić information content (AvgIpc) is 3.55. The minimum Gasteiger partial charge on any atom is -0.399 e. The highest BCUT2D eigenvalue weighted by Gasteiger charge is 2.46. The largest absolute Gasteiger partial charge is 0.416 e. The van der Waals surface area contributed by atoms with Gasteiger partial charge in [0.15, 0.2) is 0 Å². The topological polar surface area (TPSA) is 119 Å². The Morgan fingerprint density at radius 1 is 0.673 bits per heavy atom. The molecule has 7 rings (SSSR count). The predicted octanol–water partition coefficient (Wildman–Crippen LogP) is 7.21. The first-order chi connectivity index (χ1) is 25.0. The number of aliphatic hydroxyl groups excluding tert-OH is 2. The van der Waals surface area contributed by atoms with Crippen LogP contribution in [-0.4, -0.2) is 60.5 Å². The number of aromatic nitrogens is 2. The van der Waals surface area contributed by atoms with Crippen LogP contribution in [0.3, 0.4) is 0 Å². The van der Waals surface area contributed by atoms with Gasteiger partial charge in [0, 0.05) is 29.7 Å². The number of rotatable bonds is 9. The number of alkyl halides is 3. The van der Waals surface area contributed by atoms with Gasteiger partial charge in [0.25, 0.3) is 0 Å². The molecule has 1 aliphatic rings. The number of nitrogens with zero attached hydrogens (tertiary/aromatic N) is 3. The summed E-state index contributed by atoms with van der Waals surface area (Å²) in [4.78, 5) is 18.3. The van der Waals surface area contributed by atoms with Gasteiger partial charge in [-0.1, -0.05) is 91.0 Å². The van der Waals surface area contributed by atoms with Crippen LogP contribution >= 0.6 is 0 Å². The maximum atomic E-state index is 15.0. The van der Waals surface area contributed by atoms with Gasteiger partial charge in [-0.3, -0.25) is 5.10 Å². The zero-order valence-electron chi connectivity index (χ0n) is 28.1. The maximum absolute atomic E-state index is 15.0. The lowest BCUT2D eigenvalue weighted by atomic mass is 9.91. The summed E-state index contributed by atoms with van der Waals surface area (Å²) < 4.78 is 39.8. The van der Waals surface area contributed by atoms with Gasteiger partial charge in [0.05, 0.1) is 28.9 Å². The maximum Gasteiger partial charge on any atom is 0.416 e. The van der Waals surface area contributed by atoms with Crippen molar-refractivity contribution in [2.45, 2.75) is 56.4 Å². The summed E-state index contributed by atoms with van der Waals surface area (Å²) in [7, 11) is 0. The second-order valence-electron chi connectivity index (χ2n) is 13.3. The summed E-state index contributed by atoms with van der Waals surface area (Å²) >= 11 is 0. The van der Waals surface area contributed by atoms with Crippen LogP contribution in [0.4, 0.5) is 23.7 Å². The summed E-state index contributed by atoms with van der Waals surface area (Å²) in [6.45, 7) is 0.206. The quantitative estimate of drug-likeness (QED) is 0.119. The Morgan fingerprint density at radius 2 is 1.21 bits per heavy atom. The summed E-state index contributed by atoms with van der Waals surface area (Å²) in [6, 6.07) is 34.7. The number of carbonyl (C=O) groups excluding carboxylic acids is 1. The standard InChI is InChI=1S/C41H38F3N5O3/c42-41(43,44)31-17-15-30(16-18-31)37-33-21-29(14-19-34(33)46-47-37)25-49-36(23-27-10-5-2-6-11-27)39(51)38(50)35(22-26-8-3-1-4-9-26)48(40(49)52)24-28-12-7-13-32(45)20-28/h1-21,35-36,38-39,50-51H,22-25,45H2,(H,46,47)/t35-,36-,38+,39+/m1/s1. The number of halogens is 3. The first kappa shape index (κ1) is 34.8. The third-order valence-electron chi connectivity index (χ3n) is 9.78. The van der Waals surface area contributed by atoms with Crippen LogP contribution in [-0.2, 0) is 32.1 Å². The summed E-state index contributed by atoms with van der Waals surface area (Å²) in [5.41, 5.74) is 10.8. The number of nitrogens with one attached hydrogen (secondary N) is 1. The van der Waals surface area contributed by atoms with Gasteiger partial charge >= 0.3 is 12.2 Å². The molecular formula is C41H38F3N5O3. The number of nitrogen functional groups attached to an aromatic ring is 1. The van der Waals surface area contributed by atoms with E-state index in [0.717, 1.165) is 28.8 Å². The second kappa shape index (κ2) is 14.5. The Labute approximate surface area is 298 Å². The predicted molar refractivity (Wildman–Crippen MR) is 194 cm³/mol. The Bertz CT molecular complexity index is 2140. The molecule has 0 radical (unpaired) electrons. The summed E-state index contributed by atoms with van der Waals surface area (Å²) in [5, 5.41) is 32.1. The number of anilines is 1. The van der Waals surface area contributed by atoms with E-state index in [1.165, 1.54) is 12.1 Å². The molecule has 0 spiro atoms. The van der Waals surface area contributed by atoms with E-state index in [1.54, 1.807) is 21.9 Å². The lowest BCUT2D eigenvalue weighted by Gasteiger charge is -2.36. The highest BCUT2D eigenvalue weighted by Crippen LogP contribution is 2.34. The molecule has 2 heterocycles. The minimum absolute atomic E-state index is 0.0686. The smallest absolute Gasteiger partial charge is 0.399 e. The second-order valence-corrected chi connectivity index (χ2v) is 13.3. The van der Waals surface area contributed by atoms with Crippen molar-refractivity contribution in [3.8, 4) is 11.3 Å². The number of fused-ring (bicyclic) bond motifs is 1. The normalized spacial score (nSPS) is 19.6. The molecule has 52 heavy (non-hydrogen) atoms. The van der Waals surface area contributed by atoms with Gasteiger partial charge in [-0.2, -0.15) is 18.3 Å². The molecule has 4 atom stereocenters. The van der Waals surface area contributed by atoms with Crippen molar-refractivity contribution >= 4 is 22.6 Å². The third-order valence-corrected chi connectivity index (χ3v) is 9.78. The van der Waals surface area contributed by atoms with Crippen molar-refractivity contribution in [1.29, 1.82) is 0 Å². The van der Waals surface area contributed by atoms with Gasteiger partial charge in [-0.15, -0.1) is 0 Å². The molecule has 11 heteroatoms. The van der Waals surface area contributed by atoms with Crippen molar-refractivity contribution in [3.05, 3.63) is 155 Å². The SMILES string of the molecule is Nc1cccc(CN2C(=O)N(Cc3ccc4[nH]nc(-c5ccc(C(F)(F)F)cc5)c4c3)[C@H](Cc3ccccc3)[C@H](O)[C@@H](O)[C@H]2Cc2ccccc2)c1. The monoisotopic (exact) mass is 705 g/mol. The molecule has 1 aliphatic heterocycles. The van der Waals surface area contributed by atoms with Crippen LogP contribution < -0.4 is 5.73 Å². The van der Waals surface area contributed by atoms with Crippen LogP contribution in [0.15, 0.2) is 127 Å². The molecule has 0 aliphatic carbocycles. The lowest BCUT2D eigenvalue weighted by molar-refractivity contribution is -0.137. The highest BCUT2D eigenvalue weighted by molar-refractivity contribution is 5.93. The van der Waals surface area contributed by atoms with Crippen LogP contribution in [0.5, 0.6) is 0 Å². The van der Waals surface area contributed by atoms with Crippen LogP contribution in [0, 0.1) is 0 Å². The molecule has 0 saturated carbocycles. The number of aromatic amines is 1. The van der Waals surface area contributed by atoms with Crippen molar-refractivity contribution in [3.63, 3.8) is 0 Å². The van der Waals surface area contributed by atoms with Crippen LogP contribution in [0.2, 0.25) is 0 Å². The van der Waals surface area contributed by atoms with Gasteiger partial charge in [-0.25, -0.2) is 4.79 Å². The van der Waals surface area contributed by atoms with Crippen molar-refractivity contribution in [2.75, 3.05) is 5.73 Å². The van der Waals surface area contributed by atoms with Crippen LogP contribution in [0.25, 0.3) is 22.2 Å². The molecule has 0 bridgehead atoms. The fourth-order valence-electron chi connectivity index (χ4n) is 7.10. The molecule has 1 aromatic heterocycles. The molecule has 1 fully saturated rings. The number of urea groups is 1. The Balaban J connectivity index is 1.30. The van der Waals surface area contributed by atoms with E-state index in [-0.39, 0.29) is 25.5 Å². The lowest BCUT2D eigenvalue weighted by Crippen LogP contribution is -2.50. The fraction of sp³-hybridized carbons (Fsp3) is 0.220. The Hall–Kier alpha value is -5.65. The molecule has 5 N–H and O–H groups in total. The Morgan fingerprint density at radius 3 is 1.75 bits per heavy atom. The number of benzene rings is 5. The first-order valence-electron chi connectivity index (χ1n) is 17.1. The zero-order chi connectivity index (χ0) is 36.4. The van der Waals surface area contributed by atoms with Gasteiger partial charge < -0.3 is 25.7 Å². The number of nitrogens with two attached hydrogens (primary N) is 1. The minimum atomic E-state index is -4.46. The Kier molecular flexibility index (Phi) is 9.72. The number of carbonyl (C=O) groups is 1. The number of hydrogen-bond donors (Lipinski definition) is 4. The van der Waals surface area contributed by atoms with E-state index in [2.05, 4.69) is 10.2 Å². The number of hydrogen-bond acceptors (Lipinski definition) is 5. The fourth-order valence-corrected chi connectivity index (χ4v) is 7.10. The number of amides is 2. The number of aliphatic hydroxyl groups is 2. The molecule has 6 aromatic rings. The molecule has 2 amide bonds. The molecule has 1 saturated heterocycles. The third kappa shape index (κ3) is 7.37. The van der Waals surface area contributed by atoms with Crippen molar-refractivity contribution < 1.29 is 28.2 Å². The summed E-state index contributed by atoms with van der Waals surface area (Å²) in [6.07, 6.45) is -6.50.